The number of ether oxygens (including phenoxy) is 2. The SMILES string of the molecule is COc1cc(OC)nc(N(N=Cc2ccccc2)C(=O)c2ccccc2O)n1. The number of nitrogens with zero attached hydrogens (tertiary/aromatic N) is 4. The maximum atomic E-state index is 13.1. The highest BCUT2D eigenvalue weighted by molar-refractivity contribution is 6.07. The molecule has 0 bridgehead atoms. The Hall–Kier alpha value is -3.94. The van der Waals surface area contributed by atoms with Crippen molar-refractivity contribution >= 4 is 18.1 Å². The highest BCUT2D eigenvalue weighted by Gasteiger charge is 2.24. The monoisotopic (exact) mass is 378 g/mol. The molecule has 0 spiro atoms. The van der Waals surface area contributed by atoms with E-state index in [0.29, 0.717) is 0 Å². The van der Waals surface area contributed by atoms with Crippen molar-refractivity contribution in [2.45, 2.75) is 0 Å². The molecule has 0 aliphatic rings. The third kappa shape index (κ3) is 4.24. The third-order valence-corrected chi connectivity index (χ3v) is 3.72. The zero-order chi connectivity index (χ0) is 19.9. The molecule has 28 heavy (non-hydrogen) atoms. The van der Waals surface area contributed by atoms with E-state index in [1.807, 2.05) is 30.3 Å². The van der Waals surface area contributed by atoms with Crippen LogP contribution in [-0.4, -0.2) is 41.4 Å². The van der Waals surface area contributed by atoms with Gasteiger partial charge < -0.3 is 14.6 Å². The molecule has 0 aliphatic heterocycles. The highest BCUT2D eigenvalue weighted by Crippen LogP contribution is 2.24. The fourth-order valence-corrected chi connectivity index (χ4v) is 2.32. The Morgan fingerprint density at radius 1 is 1.00 bits per heavy atom. The number of hydrogen-bond acceptors (Lipinski definition) is 7. The summed E-state index contributed by atoms with van der Waals surface area (Å²) in [6, 6.07) is 16.9. The molecule has 142 valence electrons. The fourth-order valence-electron chi connectivity index (χ4n) is 2.32. The summed E-state index contributed by atoms with van der Waals surface area (Å²) in [5.74, 6) is -0.446. The van der Waals surface area contributed by atoms with Crippen molar-refractivity contribution in [1.29, 1.82) is 0 Å². The fraction of sp³-hybridized carbons (Fsp3) is 0.100. The second-order valence-electron chi connectivity index (χ2n) is 5.54. The molecular weight excluding hydrogens is 360 g/mol. The summed E-state index contributed by atoms with van der Waals surface area (Å²) >= 11 is 0. The largest absolute Gasteiger partial charge is 0.507 e. The van der Waals surface area contributed by atoms with Gasteiger partial charge in [-0.15, -0.1) is 0 Å². The molecule has 1 N–H and O–H groups in total. The Labute approximate surface area is 161 Å². The van der Waals surface area contributed by atoms with E-state index in [2.05, 4.69) is 15.1 Å². The van der Waals surface area contributed by atoms with Gasteiger partial charge in [-0.05, 0) is 17.7 Å². The molecule has 0 saturated carbocycles. The van der Waals surface area contributed by atoms with Crippen molar-refractivity contribution in [3.8, 4) is 17.5 Å². The number of methoxy groups -OCH3 is 2. The summed E-state index contributed by atoms with van der Waals surface area (Å²) < 4.78 is 10.3. The molecule has 8 nitrogen and oxygen atoms in total. The Morgan fingerprint density at radius 3 is 2.21 bits per heavy atom. The van der Waals surface area contributed by atoms with E-state index in [1.54, 1.807) is 12.1 Å². The van der Waals surface area contributed by atoms with Crippen LogP contribution in [0.15, 0.2) is 65.8 Å². The zero-order valence-electron chi connectivity index (χ0n) is 15.3. The van der Waals surface area contributed by atoms with E-state index in [4.69, 9.17) is 9.47 Å². The molecule has 1 aromatic heterocycles. The van der Waals surface area contributed by atoms with Gasteiger partial charge in [0.25, 0.3) is 11.9 Å². The number of phenols is 1. The van der Waals surface area contributed by atoms with Crippen LogP contribution in [0, 0.1) is 0 Å². The average molecular weight is 378 g/mol. The summed E-state index contributed by atoms with van der Waals surface area (Å²) in [6.45, 7) is 0. The van der Waals surface area contributed by atoms with Crippen LogP contribution in [0.25, 0.3) is 0 Å². The molecule has 1 heterocycles. The first kappa shape index (κ1) is 18.8. The van der Waals surface area contributed by atoms with Crippen molar-refractivity contribution in [2.24, 2.45) is 5.10 Å². The first-order valence-electron chi connectivity index (χ1n) is 8.31. The lowest BCUT2D eigenvalue weighted by Crippen LogP contribution is -2.28. The summed E-state index contributed by atoms with van der Waals surface area (Å²) in [5.41, 5.74) is 0.825. The second-order valence-corrected chi connectivity index (χ2v) is 5.54. The van der Waals surface area contributed by atoms with E-state index in [9.17, 15) is 9.90 Å². The van der Waals surface area contributed by atoms with Gasteiger partial charge in [-0.1, -0.05) is 42.5 Å². The van der Waals surface area contributed by atoms with Crippen LogP contribution in [0.2, 0.25) is 0 Å². The molecule has 1 amide bonds. The quantitative estimate of drug-likeness (QED) is 0.523. The number of hydrazone groups is 1. The van der Waals surface area contributed by atoms with Gasteiger partial charge in [0.05, 0.1) is 32.1 Å². The lowest BCUT2D eigenvalue weighted by molar-refractivity contribution is 0.0983. The van der Waals surface area contributed by atoms with Gasteiger partial charge in [-0.2, -0.15) is 20.1 Å². The zero-order valence-corrected chi connectivity index (χ0v) is 15.3. The van der Waals surface area contributed by atoms with Crippen LogP contribution < -0.4 is 14.5 Å². The second kappa shape index (κ2) is 8.63. The molecule has 0 saturated heterocycles. The van der Waals surface area contributed by atoms with Crippen LogP contribution in [0.1, 0.15) is 15.9 Å². The van der Waals surface area contributed by atoms with E-state index < -0.39 is 5.91 Å². The number of carbonyl (C=O) groups is 1. The number of carbonyl (C=O) groups excluding carboxylic acids is 1. The normalized spacial score (nSPS) is 10.6. The topological polar surface area (TPSA) is 97.1 Å². The van der Waals surface area contributed by atoms with Crippen molar-refractivity contribution in [3.05, 3.63) is 71.8 Å². The van der Waals surface area contributed by atoms with Gasteiger partial charge in [0.15, 0.2) is 0 Å². The first-order valence-corrected chi connectivity index (χ1v) is 8.31. The van der Waals surface area contributed by atoms with E-state index in [-0.39, 0.29) is 29.0 Å². The lowest BCUT2D eigenvalue weighted by Gasteiger charge is -2.17. The van der Waals surface area contributed by atoms with E-state index >= 15 is 0 Å². The van der Waals surface area contributed by atoms with Gasteiger partial charge in [-0.3, -0.25) is 4.79 Å². The number of benzene rings is 2. The molecule has 0 atom stereocenters. The van der Waals surface area contributed by atoms with Crippen molar-refractivity contribution in [1.82, 2.24) is 9.97 Å². The van der Waals surface area contributed by atoms with E-state index in [1.165, 1.54) is 38.6 Å². The van der Waals surface area contributed by atoms with Crippen molar-refractivity contribution in [2.75, 3.05) is 19.2 Å². The van der Waals surface area contributed by atoms with Crippen LogP contribution in [-0.2, 0) is 0 Å². The lowest BCUT2D eigenvalue weighted by atomic mass is 10.2. The molecule has 0 aliphatic carbocycles. The van der Waals surface area contributed by atoms with Gasteiger partial charge in [0.2, 0.25) is 11.8 Å². The minimum atomic E-state index is -0.611. The van der Waals surface area contributed by atoms with Crippen molar-refractivity contribution in [3.63, 3.8) is 0 Å². The number of aromatic nitrogens is 2. The number of amides is 1. The van der Waals surface area contributed by atoms with Crippen LogP contribution >= 0.6 is 0 Å². The Balaban J connectivity index is 2.08. The first-order chi connectivity index (χ1) is 13.6. The molecule has 3 aromatic rings. The predicted molar refractivity (Wildman–Crippen MR) is 104 cm³/mol. The maximum Gasteiger partial charge on any atom is 0.285 e. The number of anilines is 1. The highest BCUT2D eigenvalue weighted by atomic mass is 16.5. The van der Waals surface area contributed by atoms with Gasteiger partial charge in [0, 0.05) is 0 Å². The summed E-state index contributed by atoms with van der Waals surface area (Å²) in [6.07, 6.45) is 1.49. The van der Waals surface area contributed by atoms with Crippen LogP contribution in [0.4, 0.5) is 5.95 Å². The van der Waals surface area contributed by atoms with Gasteiger partial charge in [0.1, 0.15) is 5.75 Å². The minimum Gasteiger partial charge on any atom is -0.507 e. The van der Waals surface area contributed by atoms with Crippen LogP contribution in [0.3, 0.4) is 0 Å². The summed E-state index contributed by atoms with van der Waals surface area (Å²) in [7, 11) is 2.88. The average Bonchev–Trinajstić information content (AvgIpc) is 2.74. The maximum absolute atomic E-state index is 13.1. The molecule has 3 rings (SSSR count). The number of hydrogen-bond donors (Lipinski definition) is 1. The van der Waals surface area contributed by atoms with Gasteiger partial charge >= 0.3 is 0 Å². The Bertz CT molecular complexity index is 970. The molecule has 8 heteroatoms. The molecular formula is C20H18N4O4. The summed E-state index contributed by atoms with van der Waals surface area (Å²) in [5, 5.41) is 15.3. The number of aromatic hydroxyl groups is 1. The van der Waals surface area contributed by atoms with Crippen molar-refractivity contribution < 1.29 is 19.4 Å². The Morgan fingerprint density at radius 2 is 1.61 bits per heavy atom. The predicted octanol–water partition coefficient (Wildman–Crippen LogP) is 2.88. The molecule has 0 fully saturated rings. The molecule has 2 aromatic carbocycles. The van der Waals surface area contributed by atoms with Crippen LogP contribution in [0.5, 0.6) is 17.5 Å². The number of rotatable bonds is 6. The molecule has 0 radical (unpaired) electrons. The smallest absolute Gasteiger partial charge is 0.285 e. The number of phenolic OH excluding ortho intramolecular Hbond substituents is 1. The summed E-state index contributed by atoms with van der Waals surface area (Å²) in [4.78, 5) is 21.4. The third-order valence-electron chi connectivity index (χ3n) is 3.72. The molecule has 0 unspecified atom stereocenters. The number of para-hydroxylation sites is 1. The van der Waals surface area contributed by atoms with Gasteiger partial charge in [-0.25, -0.2) is 0 Å². The Kier molecular flexibility index (Phi) is 5.81. The standard InChI is InChI=1S/C20H18N4O4/c1-27-17-12-18(28-2)23-20(22-17)24(21-13-14-8-4-3-5-9-14)19(26)15-10-6-7-11-16(15)25/h3-13,25H,1-2H3. The van der Waals surface area contributed by atoms with E-state index in [0.717, 1.165) is 10.6 Å². The minimum absolute atomic E-state index is 0.0538.